The van der Waals surface area contributed by atoms with Crippen LogP contribution < -0.4 is 16.1 Å². The van der Waals surface area contributed by atoms with Gasteiger partial charge in [0.2, 0.25) is 17.7 Å². The average molecular weight is 765 g/mol. The number of ether oxygens (including phenoxy) is 1. The van der Waals surface area contributed by atoms with Crippen LogP contribution in [0.25, 0.3) is 33.4 Å². The van der Waals surface area contributed by atoms with Crippen LogP contribution in [0.3, 0.4) is 0 Å². The molecule has 14 nitrogen and oxygen atoms in total. The normalized spacial score (nSPS) is 12.9. The zero-order valence-electron chi connectivity index (χ0n) is 28.8. The number of carboxylic acid groups (broad SMARTS) is 1. The highest BCUT2D eigenvalue weighted by Gasteiger charge is 2.28. The second-order valence-electron chi connectivity index (χ2n) is 12.1. The van der Waals surface area contributed by atoms with Crippen molar-refractivity contribution < 1.29 is 43.3 Å². The van der Waals surface area contributed by atoms with Gasteiger partial charge in [-0.25, -0.2) is 0 Å². The first-order valence-corrected chi connectivity index (χ1v) is 19.5. The molecule has 2 aromatic carbocycles. The fraction of sp³-hybridized carbons (Fsp3) is 0.351. The molecule has 0 atom stereocenters. The zero-order valence-corrected chi connectivity index (χ0v) is 30.5. The molecule has 2 aliphatic heterocycles. The van der Waals surface area contributed by atoms with E-state index < -0.39 is 5.97 Å². The fourth-order valence-corrected chi connectivity index (χ4v) is 7.62. The first-order chi connectivity index (χ1) is 25.6. The molecule has 1 saturated heterocycles. The van der Waals surface area contributed by atoms with Gasteiger partial charge in [0, 0.05) is 97.8 Å². The van der Waals surface area contributed by atoms with Gasteiger partial charge >= 0.3 is 5.97 Å². The van der Waals surface area contributed by atoms with Crippen molar-refractivity contribution >= 4 is 62.2 Å². The summed E-state index contributed by atoms with van der Waals surface area (Å²) >= 11 is 0. The Kier molecular flexibility index (Phi) is 14.1. The summed E-state index contributed by atoms with van der Waals surface area (Å²) in [4.78, 5) is 76.5. The van der Waals surface area contributed by atoms with Gasteiger partial charge in [-0.1, -0.05) is 39.8 Å². The first kappa shape index (κ1) is 39.2. The van der Waals surface area contributed by atoms with Gasteiger partial charge in [-0.15, -0.1) is 0 Å². The number of hydrogen-bond acceptors (Lipinski definition) is 11. The van der Waals surface area contributed by atoms with Crippen molar-refractivity contribution in [1.29, 1.82) is 0 Å². The molecule has 1 fully saturated rings. The summed E-state index contributed by atoms with van der Waals surface area (Å²) in [5, 5.41) is 24.9. The van der Waals surface area contributed by atoms with Gasteiger partial charge < -0.3 is 39.8 Å². The lowest BCUT2D eigenvalue weighted by Gasteiger charge is -2.35. The number of nitrogens with zero attached hydrogens (tertiary/aromatic N) is 2. The van der Waals surface area contributed by atoms with Crippen molar-refractivity contribution in [1.82, 2.24) is 20.4 Å². The van der Waals surface area contributed by atoms with E-state index in [0.29, 0.717) is 96.2 Å². The molecule has 1 aliphatic carbocycles. The topological polar surface area (TPSA) is 196 Å². The van der Waals surface area contributed by atoms with Gasteiger partial charge in [0.15, 0.2) is 5.43 Å². The molecule has 3 aliphatic rings. The molecule has 2 heterocycles. The highest BCUT2D eigenvalue weighted by Crippen LogP contribution is 2.42. The molecule has 5 rings (SSSR count). The van der Waals surface area contributed by atoms with Crippen LogP contribution in [0.4, 0.5) is 0 Å². The van der Waals surface area contributed by atoms with Crippen molar-refractivity contribution in [3.63, 3.8) is 0 Å². The minimum absolute atomic E-state index is 0.00272. The van der Waals surface area contributed by atoms with E-state index in [-0.39, 0.29) is 60.9 Å². The largest absolute Gasteiger partial charge is 0.508 e. The third-order valence-corrected chi connectivity index (χ3v) is 10.8. The number of phenols is 1. The second kappa shape index (κ2) is 19.1. The number of piperazine rings is 1. The Morgan fingerprint density at radius 2 is 1.49 bits per heavy atom. The molecular formula is C37H40N4O10S2. The van der Waals surface area contributed by atoms with E-state index in [0.717, 1.165) is 0 Å². The van der Waals surface area contributed by atoms with E-state index in [1.54, 1.807) is 50.9 Å². The zero-order chi connectivity index (χ0) is 37.7. The van der Waals surface area contributed by atoms with Crippen molar-refractivity contribution in [2.45, 2.75) is 19.3 Å². The van der Waals surface area contributed by atoms with Crippen LogP contribution in [-0.2, 0) is 23.9 Å². The average Bonchev–Trinajstić information content (AvgIpc) is 3.14. The van der Waals surface area contributed by atoms with Crippen molar-refractivity contribution in [3.8, 4) is 28.2 Å². The lowest BCUT2D eigenvalue weighted by atomic mass is 9.90. The van der Waals surface area contributed by atoms with Crippen LogP contribution in [0.2, 0.25) is 0 Å². The predicted octanol–water partition coefficient (Wildman–Crippen LogP) is 3.44. The Bertz CT molecular complexity index is 1980. The molecule has 4 N–H and O–H groups in total. The Morgan fingerprint density at radius 1 is 0.792 bits per heavy atom. The highest BCUT2D eigenvalue weighted by molar-refractivity contribution is 8.76. The van der Waals surface area contributed by atoms with Crippen LogP contribution in [-0.4, -0.2) is 114 Å². The summed E-state index contributed by atoms with van der Waals surface area (Å²) in [6.45, 7) is 1.54. The minimum Gasteiger partial charge on any atom is -0.508 e. The number of phenolic OH excluding ortho intramolecular Hbond substituents is 1. The van der Waals surface area contributed by atoms with Crippen molar-refractivity contribution in [2.24, 2.45) is 0 Å². The Labute approximate surface area is 313 Å². The van der Waals surface area contributed by atoms with E-state index in [2.05, 4.69) is 10.6 Å². The van der Waals surface area contributed by atoms with Crippen molar-refractivity contribution in [2.75, 3.05) is 64.0 Å². The van der Waals surface area contributed by atoms with Gasteiger partial charge in [0.1, 0.15) is 30.3 Å². The molecule has 0 unspecified atom stereocenters. The number of hydrogen-bond donors (Lipinski definition) is 4. The molecule has 16 heteroatoms. The van der Waals surface area contributed by atoms with E-state index in [1.165, 1.54) is 29.0 Å². The molecule has 0 saturated carbocycles. The quantitative estimate of drug-likeness (QED) is 0.0696. The monoisotopic (exact) mass is 764 g/mol. The molecule has 4 amide bonds. The van der Waals surface area contributed by atoms with E-state index in [1.807, 2.05) is 12.1 Å². The second-order valence-corrected chi connectivity index (χ2v) is 14.8. The van der Waals surface area contributed by atoms with Gasteiger partial charge in [-0.05, 0) is 42.3 Å². The molecule has 2 aromatic rings. The molecular weight excluding hydrogens is 725 g/mol. The first-order valence-electron chi connectivity index (χ1n) is 17.0. The summed E-state index contributed by atoms with van der Waals surface area (Å²) in [7, 11) is 3.08. The molecule has 280 valence electrons. The molecule has 53 heavy (non-hydrogen) atoms. The molecule has 0 spiro atoms. The summed E-state index contributed by atoms with van der Waals surface area (Å²) in [6.07, 6.45) is 0.460. The lowest BCUT2D eigenvalue weighted by Crippen LogP contribution is -2.51. The number of benzene rings is 3. The maximum absolute atomic E-state index is 14.0. The number of rotatable bonds is 17. The molecule has 0 radical (unpaired) electrons. The van der Waals surface area contributed by atoms with Crippen molar-refractivity contribution in [3.05, 3.63) is 76.5 Å². The Morgan fingerprint density at radius 3 is 2.23 bits per heavy atom. The summed E-state index contributed by atoms with van der Waals surface area (Å²) in [5.74, 6) is -0.292. The number of aliphatic carboxylic acids is 1. The van der Waals surface area contributed by atoms with Crippen LogP contribution in [0.1, 0.15) is 29.6 Å². The van der Waals surface area contributed by atoms with Crippen LogP contribution >= 0.6 is 21.6 Å². The smallest absolute Gasteiger partial charge is 0.303 e. The number of aromatic hydroxyl groups is 1. The number of carboxylic acids is 1. The third kappa shape index (κ3) is 11.0. The summed E-state index contributed by atoms with van der Waals surface area (Å²) < 4.78 is 11.3. The Hall–Kier alpha value is -5.06. The summed E-state index contributed by atoms with van der Waals surface area (Å²) in [6, 6.07) is 16.4. The number of nitrogens with one attached hydrogen (secondary N) is 2. The number of fused-ring (bicyclic) bond motifs is 2. The summed E-state index contributed by atoms with van der Waals surface area (Å²) in [5.41, 5.74) is 2.57. The predicted molar refractivity (Wildman–Crippen MR) is 202 cm³/mol. The minimum atomic E-state index is -0.921. The SMILES string of the molecule is O=C(O)CCCC(=O)NCCSSCCNC(=O)COCC(=O)N1CCN(C(=O)c2ccccc2-c2c3ccc(=O)cc-3oc3cc(O)ccc23)CC1. The number of carbonyl (C=O) groups excluding carboxylic acids is 4. The Balaban J connectivity index is 1.04. The third-order valence-electron chi connectivity index (χ3n) is 8.37. The van der Waals surface area contributed by atoms with E-state index >= 15 is 0 Å². The fourth-order valence-electron chi connectivity index (χ4n) is 5.81. The van der Waals surface area contributed by atoms with Crippen LogP contribution in [0, 0.1) is 0 Å². The highest BCUT2D eigenvalue weighted by atomic mass is 33.1. The standard InChI is InChI=1S/C37H40N4O10S2/c42-24-8-10-28-30(20-24)51-31-21-25(43)9-11-29(31)36(28)26-4-1-2-5-27(26)37(49)41-16-14-40(15-17-41)34(46)23-50-22-33(45)39-13-19-53-52-18-12-38-32(44)6-3-7-35(47)48/h1-2,4-5,8-11,20-21,42H,3,6-7,12-19,22-23H2,(H,38,44)(H,39,45)(H,47,48). The number of carbonyl (C=O) groups is 5. The number of amides is 4. The maximum atomic E-state index is 14.0. The molecule has 0 bridgehead atoms. The van der Waals surface area contributed by atoms with E-state index in [4.69, 9.17) is 14.3 Å². The maximum Gasteiger partial charge on any atom is 0.303 e. The van der Waals surface area contributed by atoms with Crippen LogP contribution in [0.15, 0.2) is 69.9 Å². The van der Waals surface area contributed by atoms with E-state index in [9.17, 15) is 33.9 Å². The lowest BCUT2D eigenvalue weighted by molar-refractivity contribution is -0.140. The molecule has 0 aromatic heterocycles. The van der Waals surface area contributed by atoms with Gasteiger partial charge in [-0.2, -0.15) is 0 Å². The van der Waals surface area contributed by atoms with Gasteiger partial charge in [-0.3, -0.25) is 28.8 Å². The van der Waals surface area contributed by atoms with Gasteiger partial charge in [0.25, 0.3) is 5.91 Å². The van der Waals surface area contributed by atoms with Gasteiger partial charge in [0.05, 0.1) is 0 Å². The van der Waals surface area contributed by atoms with Crippen LogP contribution in [0.5, 0.6) is 5.75 Å².